The molecule has 2 rings (SSSR count). The number of hydrogen-bond acceptors (Lipinski definition) is 3. The maximum atomic E-state index is 10.3. The van der Waals surface area contributed by atoms with Crippen LogP contribution in [0.2, 0.25) is 0 Å². The van der Waals surface area contributed by atoms with Gasteiger partial charge in [0.1, 0.15) is 0 Å². The van der Waals surface area contributed by atoms with Crippen molar-refractivity contribution in [1.82, 2.24) is 9.80 Å². The molecule has 2 aliphatic rings. The Morgan fingerprint density at radius 3 is 2.41 bits per heavy atom. The van der Waals surface area contributed by atoms with Crippen LogP contribution in [-0.2, 0) is 0 Å². The molecule has 2 fully saturated rings. The Morgan fingerprint density at radius 2 is 1.76 bits per heavy atom. The first-order valence-corrected chi connectivity index (χ1v) is 7.18. The van der Waals surface area contributed by atoms with Crippen molar-refractivity contribution in [2.75, 3.05) is 27.2 Å². The zero-order valence-electron chi connectivity index (χ0n) is 11.6. The number of likely N-dealkylation sites (tertiary alicyclic amines) is 1. The number of hydrogen-bond donors (Lipinski definition) is 1. The second-order valence-electron chi connectivity index (χ2n) is 6.23. The van der Waals surface area contributed by atoms with Gasteiger partial charge in [-0.2, -0.15) is 0 Å². The minimum absolute atomic E-state index is 0.0920. The van der Waals surface area contributed by atoms with Crippen LogP contribution in [-0.4, -0.2) is 60.3 Å². The molecule has 0 spiro atoms. The van der Waals surface area contributed by atoms with Gasteiger partial charge < -0.3 is 10.0 Å². The summed E-state index contributed by atoms with van der Waals surface area (Å²) in [6.07, 6.45) is 5.90. The molecule has 3 heteroatoms. The summed E-state index contributed by atoms with van der Waals surface area (Å²) in [4.78, 5) is 4.89. The van der Waals surface area contributed by atoms with E-state index in [4.69, 9.17) is 0 Å². The van der Waals surface area contributed by atoms with Gasteiger partial charge in [0, 0.05) is 25.2 Å². The lowest BCUT2D eigenvalue weighted by Gasteiger charge is -2.31. The summed E-state index contributed by atoms with van der Waals surface area (Å²) in [6, 6.07) is 1.08. The molecular weight excluding hydrogens is 212 g/mol. The van der Waals surface area contributed by atoms with E-state index < -0.39 is 0 Å². The van der Waals surface area contributed by atoms with E-state index in [2.05, 4.69) is 30.8 Å². The van der Waals surface area contributed by atoms with Crippen molar-refractivity contribution in [3.8, 4) is 0 Å². The third kappa shape index (κ3) is 3.01. The summed E-state index contributed by atoms with van der Waals surface area (Å²) in [5, 5.41) is 10.3. The molecule has 4 unspecified atom stereocenters. The van der Waals surface area contributed by atoms with Gasteiger partial charge in [-0.05, 0) is 32.9 Å². The molecule has 0 aromatic carbocycles. The Bertz CT molecular complexity index is 244. The first kappa shape index (κ1) is 13.3. The third-order valence-corrected chi connectivity index (χ3v) is 4.68. The van der Waals surface area contributed by atoms with Crippen molar-refractivity contribution in [3.05, 3.63) is 0 Å². The molecule has 0 aromatic rings. The quantitative estimate of drug-likeness (QED) is 0.742. The molecule has 0 radical (unpaired) electrons. The van der Waals surface area contributed by atoms with E-state index in [1.54, 1.807) is 0 Å². The molecule has 1 aliphatic carbocycles. The van der Waals surface area contributed by atoms with Crippen LogP contribution in [0.25, 0.3) is 0 Å². The molecule has 100 valence electrons. The molecule has 17 heavy (non-hydrogen) atoms. The Labute approximate surface area is 106 Å². The third-order valence-electron chi connectivity index (χ3n) is 4.68. The number of rotatable bonds is 2. The SMILES string of the molecule is CC1CN(C2CCCCCC2O)CC1N(C)C. The van der Waals surface area contributed by atoms with Crippen LogP contribution < -0.4 is 0 Å². The van der Waals surface area contributed by atoms with Gasteiger partial charge in [-0.1, -0.05) is 26.2 Å². The van der Waals surface area contributed by atoms with E-state index in [0.717, 1.165) is 25.4 Å². The van der Waals surface area contributed by atoms with Gasteiger partial charge in [-0.3, -0.25) is 4.90 Å². The predicted octanol–water partition coefficient (Wildman–Crippen LogP) is 1.56. The van der Waals surface area contributed by atoms with Gasteiger partial charge in [-0.25, -0.2) is 0 Å². The van der Waals surface area contributed by atoms with Crippen LogP contribution in [0, 0.1) is 5.92 Å². The van der Waals surface area contributed by atoms with E-state index >= 15 is 0 Å². The fraction of sp³-hybridized carbons (Fsp3) is 1.00. The molecular formula is C14H28N2O. The highest BCUT2D eigenvalue weighted by atomic mass is 16.3. The average Bonchev–Trinajstić information content (AvgIpc) is 2.51. The summed E-state index contributed by atoms with van der Waals surface area (Å²) in [5.41, 5.74) is 0. The summed E-state index contributed by atoms with van der Waals surface area (Å²) in [7, 11) is 4.35. The monoisotopic (exact) mass is 240 g/mol. The molecule has 3 nitrogen and oxygen atoms in total. The zero-order valence-corrected chi connectivity index (χ0v) is 11.6. The van der Waals surface area contributed by atoms with E-state index in [-0.39, 0.29) is 6.10 Å². The van der Waals surface area contributed by atoms with Gasteiger partial charge >= 0.3 is 0 Å². The lowest BCUT2D eigenvalue weighted by molar-refractivity contribution is 0.0531. The molecule has 0 aromatic heterocycles. The predicted molar refractivity (Wildman–Crippen MR) is 71.1 cm³/mol. The van der Waals surface area contributed by atoms with Crippen molar-refractivity contribution >= 4 is 0 Å². The first-order valence-electron chi connectivity index (χ1n) is 7.18. The van der Waals surface area contributed by atoms with Crippen molar-refractivity contribution in [3.63, 3.8) is 0 Å². The van der Waals surface area contributed by atoms with Crippen molar-refractivity contribution in [2.45, 2.75) is 57.2 Å². The first-order chi connectivity index (χ1) is 8.09. The molecule has 0 bridgehead atoms. The Kier molecular flexibility index (Phi) is 4.45. The molecule has 4 atom stereocenters. The van der Waals surface area contributed by atoms with E-state index in [0.29, 0.717) is 12.1 Å². The summed E-state index contributed by atoms with van der Waals surface area (Å²) < 4.78 is 0. The number of aliphatic hydroxyl groups is 1. The Hall–Kier alpha value is -0.120. The van der Waals surface area contributed by atoms with Gasteiger partial charge in [0.2, 0.25) is 0 Å². The summed E-state index contributed by atoms with van der Waals surface area (Å²) in [6.45, 7) is 4.63. The van der Waals surface area contributed by atoms with Gasteiger partial charge in [0.25, 0.3) is 0 Å². The standard InChI is InChI=1S/C14H28N2O/c1-11-9-16(10-13(11)15(2)3)12-7-5-4-6-8-14(12)17/h11-14,17H,4-10H2,1-3H3. The van der Waals surface area contributed by atoms with Crippen molar-refractivity contribution in [2.24, 2.45) is 5.92 Å². The van der Waals surface area contributed by atoms with Crippen LogP contribution in [0.4, 0.5) is 0 Å². The van der Waals surface area contributed by atoms with E-state index in [1.807, 2.05) is 0 Å². The number of nitrogens with zero attached hydrogens (tertiary/aromatic N) is 2. The fourth-order valence-corrected chi connectivity index (χ4v) is 3.62. The zero-order chi connectivity index (χ0) is 12.4. The second kappa shape index (κ2) is 5.68. The van der Waals surface area contributed by atoms with Gasteiger partial charge in [-0.15, -0.1) is 0 Å². The van der Waals surface area contributed by atoms with E-state index in [1.165, 1.54) is 25.7 Å². The summed E-state index contributed by atoms with van der Waals surface area (Å²) in [5.74, 6) is 0.723. The Morgan fingerprint density at radius 1 is 1.06 bits per heavy atom. The molecule has 1 heterocycles. The molecule has 1 aliphatic heterocycles. The average molecular weight is 240 g/mol. The minimum atomic E-state index is -0.0920. The normalized spacial score (nSPS) is 40.8. The molecule has 1 N–H and O–H groups in total. The fourth-order valence-electron chi connectivity index (χ4n) is 3.62. The van der Waals surface area contributed by atoms with Crippen LogP contribution in [0.1, 0.15) is 39.0 Å². The van der Waals surface area contributed by atoms with Crippen molar-refractivity contribution in [1.29, 1.82) is 0 Å². The van der Waals surface area contributed by atoms with Gasteiger partial charge in [0.15, 0.2) is 0 Å². The topological polar surface area (TPSA) is 26.7 Å². The second-order valence-corrected chi connectivity index (χ2v) is 6.23. The highest BCUT2D eigenvalue weighted by molar-refractivity contribution is 4.92. The van der Waals surface area contributed by atoms with E-state index in [9.17, 15) is 5.11 Å². The van der Waals surface area contributed by atoms with Crippen LogP contribution in [0.15, 0.2) is 0 Å². The van der Waals surface area contributed by atoms with Crippen LogP contribution >= 0.6 is 0 Å². The highest BCUT2D eigenvalue weighted by Gasteiger charge is 2.37. The Balaban J connectivity index is 1.98. The lowest BCUT2D eigenvalue weighted by atomic mass is 10.0. The summed E-state index contributed by atoms with van der Waals surface area (Å²) >= 11 is 0. The van der Waals surface area contributed by atoms with Crippen LogP contribution in [0.3, 0.4) is 0 Å². The number of aliphatic hydroxyl groups excluding tert-OH is 1. The molecule has 1 saturated heterocycles. The molecule has 1 saturated carbocycles. The minimum Gasteiger partial charge on any atom is -0.391 e. The lowest BCUT2D eigenvalue weighted by Crippen LogP contribution is -2.43. The maximum Gasteiger partial charge on any atom is 0.0695 e. The van der Waals surface area contributed by atoms with Crippen molar-refractivity contribution < 1.29 is 5.11 Å². The number of likely N-dealkylation sites (N-methyl/N-ethyl adjacent to an activating group) is 1. The smallest absolute Gasteiger partial charge is 0.0695 e. The maximum absolute atomic E-state index is 10.3. The highest BCUT2D eigenvalue weighted by Crippen LogP contribution is 2.28. The largest absolute Gasteiger partial charge is 0.391 e. The van der Waals surface area contributed by atoms with Crippen LogP contribution in [0.5, 0.6) is 0 Å². The molecule has 0 amide bonds. The van der Waals surface area contributed by atoms with Gasteiger partial charge in [0.05, 0.1) is 6.10 Å².